The monoisotopic (exact) mass is 347 g/mol. The molecule has 5 heteroatoms. The predicted octanol–water partition coefficient (Wildman–Crippen LogP) is 3.30. The summed E-state index contributed by atoms with van der Waals surface area (Å²) in [4.78, 5) is 14.1. The molecule has 0 aromatic heterocycles. The zero-order valence-corrected chi connectivity index (χ0v) is 15.2. The summed E-state index contributed by atoms with van der Waals surface area (Å²) >= 11 is 0. The van der Waals surface area contributed by atoms with Gasteiger partial charge in [-0.1, -0.05) is 30.4 Å². The number of piperidine rings is 1. The van der Waals surface area contributed by atoms with Gasteiger partial charge in [0.2, 0.25) is 0 Å². The maximum Gasteiger partial charge on any atom is 0.310 e. The van der Waals surface area contributed by atoms with Crippen LogP contribution in [-0.4, -0.2) is 56.4 Å². The molecule has 0 radical (unpaired) electrons. The van der Waals surface area contributed by atoms with E-state index in [0.29, 0.717) is 19.6 Å². The zero-order chi connectivity index (χ0) is 18.1. The number of ether oxygens (including phenoxy) is 2. The Hall–Kier alpha value is -1.85. The minimum Gasteiger partial charge on any atom is -0.496 e. The molecule has 1 aliphatic rings. The van der Waals surface area contributed by atoms with Crippen molar-refractivity contribution in [3.63, 3.8) is 0 Å². The van der Waals surface area contributed by atoms with E-state index in [0.717, 1.165) is 43.7 Å². The van der Waals surface area contributed by atoms with Gasteiger partial charge in [-0.25, -0.2) is 0 Å². The van der Waals surface area contributed by atoms with Crippen LogP contribution in [0.15, 0.2) is 30.3 Å². The molecule has 0 aliphatic carbocycles. The molecule has 0 amide bonds. The molecule has 0 saturated carbocycles. The van der Waals surface area contributed by atoms with E-state index in [-0.39, 0.29) is 0 Å². The van der Waals surface area contributed by atoms with Crippen LogP contribution in [0.2, 0.25) is 0 Å². The molecular weight excluding hydrogens is 318 g/mol. The van der Waals surface area contributed by atoms with E-state index in [1.807, 2.05) is 30.3 Å². The molecule has 25 heavy (non-hydrogen) atoms. The average Bonchev–Trinajstić information content (AvgIpc) is 2.62. The molecule has 1 fully saturated rings. The SMILES string of the molecule is COCCCC1(C(=O)O)CCCN(C/C=C/c2ccccc2OC)C1. The van der Waals surface area contributed by atoms with Crippen LogP contribution in [0.5, 0.6) is 5.75 Å². The van der Waals surface area contributed by atoms with Gasteiger partial charge in [0.1, 0.15) is 5.75 Å². The fourth-order valence-corrected chi connectivity index (χ4v) is 3.56. The van der Waals surface area contributed by atoms with Crippen LogP contribution >= 0.6 is 0 Å². The fourth-order valence-electron chi connectivity index (χ4n) is 3.56. The number of hydrogen-bond acceptors (Lipinski definition) is 4. The van der Waals surface area contributed by atoms with Crippen LogP contribution in [0.4, 0.5) is 0 Å². The van der Waals surface area contributed by atoms with E-state index in [9.17, 15) is 9.90 Å². The van der Waals surface area contributed by atoms with Gasteiger partial charge in [0.25, 0.3) is 0 Å². The molecule has 5 nitrogen and oxygen atoms in total. The molecule has 1 aromatic rings. The normalized spacial score (nSPS) is 21.5. The molecule has 1 aliphatic heterocycles. The molecule has 2 rings (SSSR count). The lowest BCUT2D eigenvalue weighted by Gasteiger charge is -2.39. The summed E-state index contributed by atoms with van der Waals surface area (Å²) in [6.07, 6.45) is 7.25. The Balaban J connectivity index is 1.97. The molecule has 0 spiro atoms. The number of methoxy groups -OCH3 is 2. The third-order valence-corrected chi connectivity index (χ3v) is 4.91. The molecule has 1 N–H and O–H groups in total. The van der Waals surface area contributed by atoms with Gasteiger partial charge in [-0.15, -0.1) is 0 Å². The maximum absolute atomic E-state index is 11.9. The first-order valence-electron chi connectivity index (χ1n) is 8.85. The van der Waals surface area contributed by atoms with E-state index in [1.54, 1.807) is 14.2 Å². The number of nitrogens with zero attached hydrogens (tertiary/aromatic N) is 1. The number of para-hydroxylation sites is 1. The van der Waals surface area contributed by atoms with Crippen molar-refractivity contribution < 1.29 is 19.4 Å². The van der Waals surface area contributed by atoms with Gasteiger partial charge >= 0.3 is 5.97 Å². The highest BCUT2D eigenvalue weighted by Crippen LogP contribution is 2.35. The van der Waals surface area contributed by atoms with E-state index >= 15 is 0 Å². The molecule has 1 unspecified atom stereocenters. The first-order chi connectivity index (χ1) is 12.1. The topological polar surface area (TPSA) is 59.0 Å². The molecule has 0 bridgehead atoms. The number of benzene rings is 1. The Morgan fingerprint density at radius 1 is 1.36 bits per heavy atom. The van der Waals surface area contributed by atoms with Gasteiger partial charge in [0, 0.05) is 32.4 Å². The summed E-state index contributed by atoms with van der Waals surface area (Å²) in [5.74, 6) is 0.166. The second-order valence-corrected chi connectivity index (χ2v) is 6.66. The van der Waals surface area contributed by atoms with Crippen molar-refractivity contribution in [3.8, 4) is 5.75 Å². The summed E-state index contributed by atoms with van der Waals surface area (Å²) in [5, 5.41) is 9.78. The molecular formula is C20H29NO4. The van der Waals surface area contributed by atoms with Crippen molar-refractivity contribution in [2.75, 3.05) is 40.5 Å². The summed E-state index contributed by atoms with van der Waals surface area (Å²) in [6.45, 7) is 2.90. The van der Waals surface area contributed by atoms with Crippen molar-refractivity contribution in [1.29, 1.82) is 0 Å². The second-order valence-electron chi connectivity index (χ2n) is 6.66. The highest BCUT2D eigenvalue weighted by atomic mass is 16.5. The first-order valence-corrected chi connectivity index (χ1v) is 8.85. The van der Waals surface area contributed by atoms with Gasteiger partial charge in [0.15, 0.2) is 0 Å². The van der Waals surface area contributed by atoms with Crippen molar-refractivity contribution in [3.05, 3.63) is 35.9 Å². The summed E-state index contributed by atoms with van der Waals surface area (Å²) in [6, 6.07) is 7.88. The maximum atomic E-state index is 11.9. The Morgan fingerprint density at radius 2 is 2.16 bits per heavy atom. The van der Waals surface area contributed by atoms with Crippen LogP contribution in [0.25, 0.3) is 6.08 Å². The van der Waals surface area contributed by atoms with Crippen LogP contribution in [0, 0.1) is 5.41 Å². The van der Waals surface area contributed by atoms with Crippen molar-refractivity contribution in [1.82, 2.24) is 4.90 Å². The summed E-state index contributed by atoms with van der Waals surface area (Å²) in [5.41, 5.74) is 0.390. The van der Waals surface area contributed by atoms with Crippen LogP contribution < -0.4 is 4.74 Å². The van der Waals surface area contributed by atoms with Crippen LogP contribution in [0.1, 0.15) is 31.2 Å². The minimum atomic E-state index is -0.679. The molecule has 1 saturated heterocycles. The van der Waals surface area contributed by atoms with E-state index in [2.05, 4.69) is 11.0 Å². The van der Waals surface area contributed by atoms with Gasteiger partial charge < -0.3 is 14.6 Å². The number of rotatable bonds is 9. The van der Waals surface area contributed by atoms with E-state index in [4.69, 9.17) is 9.47 Å². The fraction of sp³-hybridized carbons (Fsp3) is 0.550. The predicted molar refractivity (Wildman–Crippen MR) is 98.9 cm³/mol. The second kappa shape index (κ2) is 9.59. The summed E-state index contributed by atoms with van der Waals surface area (Å²) in [7, 11) is 3.32. The lowest BCUT2D eigenvalue weighted by atomic mass is 9.76. The number of carboxylic acid groups (broad SMARTS) is 1. The average molecular weight is 347 g/mol. The van der Waals surface area contributed by atoms with Gasteiger partial charge in [-0.3, -0.25) is 9.69 Å². The summed E-state index contributed by atoms with van der Waals surface area (Å²) < 4.78 is 10.4. The number of hydrogen-bond donors (Lipinski definition) is 1. The van der Waals surface area contributed by atoms with Gasteiger partial charge in [-0.05, 0) is 38.3 Å². The number of likely N-dealkylation sites (tertiary alicyclic amines) is 1. The third-order valence-electron chi connectivity index (χ3n) is 4.91. The highest BCUT2D eigenvalue weighted by molar-refractivity contribution is 5.75. The Morgan fingerprint density at radius 3 is 2.88 bits per heavy atom. The van der Waals surface area contributed by atoms with Crippen molar-refractivity contribution in [2.45, 2.75) is 25.7 Å². The van der Waals surface area contributed by atoms with Gasteiger partial charge in [-0.2, -0.15) is 0 Å². The standard InChI is InChI=1S/C20H29NO4/c1-24-15-7-12-20(19(22)23)11-6-14-21(16-20)13-5-9-17-8-3-4-10-18(17)25-2/h3-5,8-10H,6-7,11-16H2,1-2H3,(H,22,23)/b9-5+. The lowest BCUT2D eigenvalue weighted by molar-refractivity contribution is -0.153. The van der Waals surface area contributed by atoms with Gasteiger partial charge in [0.05, 0.1) is 12.5 Å². The minimum absolute atomic E-state index is 0.600. The van der Waals surface area contributed by atoms with E-state index < -0.39 is 11.4 Å². The zero-order valence-electron chi connectivity index (χ0n) is 15.2. The largest absolute Gasteiger partial charge is 0.496 e. The Bertz CT molecular complexity index is 587. The van der Waals surface area contributed by atoms with Crippen LogP contribution in [-0.2, 0) is 9.53 Å². The highest BCUT2D eigenvalue weighted by Gasteiger charge is 2.41. The Labute approximate surface area is 150 Å². The number of carbonyl (C=O) groups is 1. The molecule has 1 heterocycles. The number of aliphatic carboxylic acids is 1. The number of carboxylic acids is 1. The smallest absolute Gasteiger partial charge is 0.310 e. The first kappa shape index (κ1) is 19.5. The third kappa shape index (κ3) is 5.31. The molecule has 138 valence electrons. The quantitative estimate of drug-likeness (QED) is 0.695. The molecule has 1 aromatic carbocycles. The van der Waals surface area contributed by atoms with Crippen molar-refractivity contribution in [2.24, 2.45) is 5.41 Å². The Kier molecular flexibility index (Phi) is 7.47. The van der Waals surface area contributed by atoms with Crippen molar-refractivity contribution >= 4 is 12.0 Å². The lowest BCUT2D eigenvalue weighted by Crippen LogP contribution is -2.48. The molecule has 1 atom stereocenters. The van der Waals surface area contributed by atoms with E-state index in [1.165, 1.54) is 0 Å². The van der Waals surface area contributed by atoms with Crippen LogP contribution in [0.3, 0.4) is 0 Å².